The first kappa shape index (κ1) is 18.6. The molecule has 0 radical (unpaired) electrons. The molecule has 0 saturated carbocycles. The molecule has 1 amide bonds. The molecule has 1 aliphatic heterocycles. The van der Waals surface area contributed by atoms with E-state index in [0.29, 0.717) is 5.76 Å². The maximum Gasteiger partial charge on any atom is 0.336 e. The molecule has 26 heavy (non-hydrogen) atoms. The second kappa shape index (κ2) is 6.86. The number of aromatic carboxylic acids is 1. The number of piperazine rings is 1. The van der Waals surface area contributed by atoms with Crippen molar-refractivity contribution in [2.24, 2.45) is 0 Å². The first-order valence-corrected chi connectivity index (χ1v) is 10.2. The third kappa shape index (κ3) is 3.39. The van der Waals surface area contributed by atoms with E-state index in [1.165, 1.54) is 9.69 Å². The van der Waals surface area contributed by atoms with E-state index >= 15 is 0 Å². The quantitative estimate of drug-likeness (QED) is 0.841. The van der Waals surface area contributed by atoms with E-state index in [1.807, 2.05) is 0 Å². The Labute approximate surface area is 154 Å². The van der Waals surface area contributed by atoms with Gasteiger partial charge in [-0.3, -0.25) is 4.79 Å². The number of hydrogen-bond donors (Lipinski definition) is 1. The van der Waals surface area contributed by atoms with Gasteiger partial charge in [0.2, 0.25) is 0 Å². The molecule has 1 fully saturated rings. The van der Waals surface area contributed by atoms with Crippen LogP contribution >= 0.6 is 11.3 Å². The van der Waals surface area contributed by atoms with Crippen LogP contribution < -0.4 is 0 Å². The fourth-order valence-corrected chi connectivity index (χ4v) is 5.55. The highest BCUT2D eigenvalue weighted by molar-refractivity contribution is 7.91. The van der Waals surface area contributed by atoms with Crippen molar-refractivity contribution in [2.75, 3.05) is 26.2 Å². The van der Waals surface area contributed by atoms with Gasteiger partial charge in [-0.25, -0.2) is 13.2 Å². The lowest BCUT2D eigenvalue weighted by atomic mass is 10.2. The molecule has 0 unspecified atom stereocenters. The molecule has 8 nitrogen and oxygen atoms in total. The smallest absolute Gasteiger partial charge is 0.336 e. The molecular weight excluding hydrogens is 380 g/mol. The molecule has 1 saturated heterocycles. The summed E-state index contributed by atoms with van der Waals surface area (Å²) in [6, 6.07) is 2.94. The number of furan rings is 1. The topological polar surface area (TPSA) is 108 Å². The summed E-state index contributed by atoms with van der Waals surface area (Å²) in [5.74, 6) is -0.485. The maximum atomic E-state index is 12.6. The number of aryl methyl sites for hydroxylation is 2. The number of nitrogens with zero attached hydrogens (tertiary/aromatic N) is 2. The summed E-state index contributed by atoms with van der Waals surface area (Å²) < 4.78 is 32.0. The van der Waals surface area contributed by atoms with Gasteiger partial charge >= 0.3 is 5.97 Å². The Bertz CT molecular complexity index is 951. The average molecular weight is 398 g/mol. The van der Waals surface area contributed by atoms with Crippen LogP contribution in [0.2, 0.25) is 0 Å². The third-order valence-electron chi connectivity index (χ3n) is 4.18. The van der Waals surface area contributed by atoms with E-state index in [4.69, 9.17) is 9.52 Å². The molecule has 1 aliphatic rings. The summed E-state index contributed by atoms with van der Waals surface area (Å²) in [6.45, 7) is 4.34. The number of sulfonamides is 1. The largest absolute Gasteiger partial charge is 0.478 e. The number of carbonyl (C=O) groups is 2. The van der Waals surface area contributed by atoms with Crippen LogP contribution in [0.1, 0.15) is 32.2 Å². The predicted octanol–water partition coefficient (Wildman–Crippen LogP) is 1.80. The molecule has 2 aromatic rings. The van der Waals surface area contributed by atoms with Gasteiger partial charge in [0.1, 0.15) is 9.97 Å². The zero-order valence-electron chi connectivity index (χ0n) is 14.3. The van der Waals surface area contributed by atoms with Crippen molar-refractivity contribution in [1.82, 2.24) is 9.21 Å². The Morgan fingerprint density at radius 1 is 1.15 bits per heavy atom. The molecule has 0 spiro atoms. The van der Waals surface area contributed by atoms with Crippen molar-refractivity contribution < 1.29 is 27.5 Å². The van der Waals surface area contributed by atoms with Gasteiger partial charge in [-0.2, -0.15) is 4.31 Å². The van der Waals surface area contributed by atoms with Gasteiger partial charge in [0.15, 0.2) is 5.76 Å². The van der Waals surface area contributed by atoms with E-state index in [1.54, 1.807) is 24.8 Å². The SMILES string of the molecule is Cc1cc(C)c(C(=O)N2CCN(S(=O)(=O)c3cc(C(=O)O)cs3)CC2)o1. The molecule has 2 aromatic heterocycles. The van der Waals surface area contributed by atoms with Crippen LogP contribution in [-0.2, 0) is 10.0 Å². The van der Waals surface area contributed by atoms with Crippen LogP contribution in [0.15, 0.2) is 26.1 Å². The first-order chi connectivity index (χ1) is 12.2. The predicted molar refractivity (Wildman–Crippen MR) is 94.1 cm³/mol. The van der Waals surface area contributed by atoms with E-state index in [2.05, 4.69) is 0 Å². The van der Waals surface area contributed by atoms with E-state index in [0.717, 1.165) is 23.0 Å². The molecule has 0 aromatic carbocycles. The molecule has 0 aliphatic carbocycles. The molecule has 3 heterocycles. The number of thiophene rings is 1. The monoisotopic (exact) mass is 398 g/mol. The Morgan fingerprint density at radius 2 is 1.81 bits per heavy atom. The summed E-state index contributed by atoms with van der Waals surface area (Å²) >= 11 is 0.881. The highest BCUT2D eigenvalue weighted by Crippen LogP contribution is 2.25. The highest BCUT2D eigenvalue weighted by Gasteiger charge is 2.33. The molecule has 1 N–H and O–H groups in total. The van der Waals surface area contributed by atoms with Crippen molar-refractivity contribution in [3.8, 4) is 0 Å². The Morgan fingerprint density at radius 3 is 2.31 bits per heavy atom. The molecule has 140 valence electrons. The first-order valence-electron chi connectivity index (χ1n) is 7.88. The molecular formula is C16H18N2O6S2. The lowest BCUT2D eigenvalue weighted by Gasteiger charge is -2.33. The van der Waals surface area contributed by atoms with Gasteiger partial charge in [-0.15, -0.1) is 11.3 Å². The zero-order valence-corrected chi connectivity index (χ0v) is 15.9. The van der Waals surface area contributed by atoms with Crippen LogP contribution in [0, 0.1) is 13.8 Å². The number of carboxylic acid groups (broad SMARTS) is 1. The summed E-state index contributed by atoms with van der Waals surface area (Å²) in [5.41, 5.74) is 0.702. The highest BCUT2D eigenvalue weighted by atomic mass is 32.2. The number of rotatable bonds is 4. The van der Waals surface area contributed by atoms with E-state index in [9.17, 15) is 18.0 Å². The maximum absolute atomic E-state index is 12.6. The normalized spacial score (nSPS) is 16.0. The van der Waals surface area contributed by atoms with Crippen molar-refractivity contribution in [1.29, 1.82) is 0 Å². The van der Waals surface area contributed by atoms with Crippen LogP contribution in [-0.4, -0.2) is 60.8 Å². The fourth-order valence-electron chi connectivity index (χ4n) is 2.82. The van der Waals surface area contributed by atoms with Crippen LogP contribution in [0.25, 0.3) is 0 Å². The van der Waals surface area contributed by atoms with Crippen LogP contribution in [0.4, 0.5) is 0 Å². The molecule has 0 atom stereocenters. The standard InChI is InChI=1S/C16H18N2O6S2/c1-10-7-11(2)24-14(10)15(19)17-3-5-18(6-4-17)26(22,23)13-8-12(9-25-13)16(20)21/h7-9H,3-6H2,1-2H3,(H,20,21). The van der Waals surface area contributed by atoms with Crippen molar-refractivity contribution in [2.45, 2.75) is 18.1 Å². The van der Waals surface area contributed by atoms with Crippen molar-refractivity contribution in [3.05, 3.63) is 40.2 Å². The summed E-state index contributed by atoms with van der Waals surface area (Å²) in [4.78, 5) is 25.0. The number of carbonyl (C=O) groups excluding carboxylic acids is 1. The minimum absolute atomic E-state index is 0.00724. The summed E-state index contributed by atoms with van der Waals surface area (Å²) in [6.07, 6.45) is 0. The number of amides is 1. The van der Waals surface area contributed by atoms with Gasteiger partial charge in [0.25, 0.3) is 15.9 Å². The van der Waals surface area contributed by atoms with Gasteiger partial charge < -0.3 is 14.4 Å². The van der Waals surface area contributed by atoms with E-state index < -0.39 is 16.0 Å². The van der Waals surface area contributed by atoms with Crippen LogP contribution in [0.3, 0.4) is 0 Å². The van der Waals surface area contributed by atoms with Gasteiger partial charge in [0, 0.05) is 37.1 Å². The Hall–Kier alpha value is -2.17. The Kier molecular flexibility index (Phi) is 4.91. The third-order valence-corrected chi connectivity index (χ3v) is 7.49. The fraction of sp³-hybridized carbons (Fsp3) is 0.375. The summed E-state index contributed by atoms with van der Waals surface area (Å²) in [5, 5.41) is 10.3. The lowest BCUT2D eigenvalue weighted by Crippen LogP contribution is -2.50. The molecule has 3 rings (SSSR count). The van der Waals surface area contributed by atoms with Gasteiger partial charge in [-0.1, -0.05) is 0 Å². The molecule has 0 bridgehead atoms. The zero-order chi connectivity index (χ0) is 19.1. The second-order valence-electron chi connectivity index (χ2n) is 6.03. The Balaban J connectivity index is 1.70. The van der Waals surface area contributed by atoms with Gasteiger partial charge in [0.05, 0.1) is 5.56 Å². The van der Waals surface area contributed by atoms with Crippen molar-refractivity contribution in [3.63, 3.8) is 0 Å². The van der Waals surface area contributed by atoms with Crippen LogP contribution in [0.5, 0.6) is 0 Å². The minimum atomic E-state index is -3.77. The lowest BCUT2D eigenvalue weighted by molar-refractivity contribution is 0.0661. The number of hydrogen-bond acceptors (Lipinski definition) is 6. The average Bonchev–Trinajstić information content (AvgIpc) is 3.21. The second-order valence-corrected chi connectivity index (χ2v) is 9.10. The molecule has 10 heteroatoms. The van der Waals surface area contributed by atoms with Crippen molar-refractivity contribution >= 4 is 33.2 Å². The minimum Gasteiger partial charge on any atom is -0.478 e. The van der Waals surface area contributed by atoms with Gasteiger partial charge in [-0.05, 0) is 26.0 Å². The number of carboxylic acids is 1. The van der Waals surface area contributed by atoms with E-state index in [-0.39, 0.29) is 47.6 Å². The summed E-state index contributed by atoms with van der Waals surface area (Å²) in [7, 11) is -3.77.